The first-order chi connectivity index (χ1) is 12.0. The molecule has 0 bridgehead atoms. The Morgan fingerprint density at radius 3 is 2.48 bits per heavy atom. The van der Waals surface area contributed by atoms with Crippen LogP contribution in [0.2, 0.25) is 0 Å². The van der Waals surface area contributed by atoms with Gasteiger partial charge in [-0.05, 0) is 30.7 Å². The molecule has 25 heavy (non-hydrogen) atoms. The van der Waals surface area contributed by atoms with Gasteiger partial charge in [0, 0.05) is 18.6 Å². The molecule has 1 aromatic carbocycles. The number of nitrogens with one attached hydrogen (secondary N) is 1. The Balaban J connectivity index is 1.80. The minimum Gasteiger partial charge on any atom is -0.319 e. The van der Waals surface area contributed by atoms with Crippen molar-refractivity contribution < 1.29 is 13.2 Å². The first kappa shape index (κ1) is 16.9. The van der Waals surface area contributed by atoms with Crippen molar-refractivity contribution in [3.05, 3.63) is 84.4 Å². The van der Waals surface area contributed by atoms with Crippen molar-refractivity contribution >= 4 is 21.6 Å². The van der Waals surface area contributed by atoms with Crippen LogP contribution in [0.15, 0.2) is 73.2 Å². The molecule has 1 unspecified atom stereocenters. The molecule has 0 spiro atoms. The predicted octanol–water partition coefficient (Wildman–Crippen LogP) is 3.07. The number of aromatic nitrogens is 2. The van der Waals surface area contributed by atoms with Gasteiger partial charge in [0.1, 0.15) is 10.9 Å². The Labute approximate surface area is 146 Å². The molecule has 0 saturated carbocycles. The fraction of sp³-hybridized carbons (Fsp3) is 0.111. The van der Waals surface area contributed by atoms with Gasteiger partial charge >= 0.3 is 0 Å². The molecule has 0 aliphatic carbocycles. The van der Waals surface area contributed by atoms with Crippen molar-refractivity contribution in [3.63, 3.8) is 0 Å². The molecule has 128 valence electrons. The molecule has 7 heteroatoms. The summed E-state index contributed by atoms with van der Waals surface area (Å²) in [5.74, 6) is -0.396. The Morgan fingerprint density at radius 1 is 1.08 bits per heavy atom. The Morgan fingerprint density at radius 2 is 1.80 bits per heavy atom. The molecule has 2 heterocycles. The summed E-state index contributed by atoms with van der Waals surface area (Å²) in [7, 11) is -3.62. The van der Waals surface area contributed by atoms with Gasteiger partial charge < -0.3 is 5.32 Å². The largest absolute Gasteiger partial charge is 0.319 e. The van der Waals surface area contributed by atoms with Gasteiger partial charge in [0.25, 0.3) is 5.91 Å². The van der Waals surface area contributed by atoms with Gasteiger partial charge in [-0.15, -0.1) is 0 Å². The highest BCUT2D eigenvalue weighted by Gasteiger charge is 2.24. The number of nitrogens with zero attached hydrogens (tertiary/aromatic N) is 2. The van der Waals surface area contributed by atoms with Crippen LogP contribution in [0, 0.1) is 0 Å². The molecule has 0 saturated heterocycles. The predicted molar refractivity (Wildman–Crippen MR) is 95.8 cm³/mol. The number of rotatable bonds is 5. The highest BCUT2D eigenvalue weighted by Crippen LogP contribution is 2.25. The van der Waals surface area contributed by atoms with Crippen LogP contribution in [0.25, 0.3) is 0 Å². The second-order valence-corrected chi connectivity index (χ2v) is 7.66. The second-order valence-electron chi connectivity index (χ2n) is 5.50. The zero-order chi connectivity index (χ0) is 17.9. The first-order valence-electron chi connectivity index (χ1n) is 7.68. The normalized spacial score (nSPS) is 12.5. The fourth-order valence-corrected chi connectivity index (χ4v) is 3.74. The van der Waals surface area contributed by atoms with Gasteiger partial charge in [0.2, 0.25) is 10.0 Å². The number of carbonyl (C=O) groups excluding carboxylic acids is 1. The van der Waals surface area contributed by atoms with E-state index >= 15 is 0 Å². The van der Waals surface area contributed by atoms with Crippen LogP contribution in [0.1, 0.15) is 28.2 Å². The number of anilines is 1. The zero-order valence-electron chi connectivity index (χ0n) is 13.5. The van der Waals surface area contributed by atoms with Gasteiger partial charge in [0.05, 0.1) is 5.69 Å². The van der Waals surface area contributed by atoms with Crippen molar-refractivity contribution in [2.75, 3.05) is 5.32 Å². The second kappa shape index (κ2) is 6.90. The molecule has 1 N–H and O–H groups in total. The standard InChI is InChI=1S/C18H17N3O3S/c1-14(15-7-3-2-4-8-15)25(23,24)21-12-10-16(13-21)20-18(22)17-9-5-6-11-19-17/h2-14H,1H3,(H,20,22). The first-order valence-corrected chi connectivity index (χ1v) is 9.18. The van der Waals surface area contributed by atoms with E-state index in [0.717, 1.165) is 3.97 Å². The molecule has 3 aromatic rings. The van der Waals surface area contributed by atoms with E-state index in [9.17, 15) is 13.2 Å². The van der Waals surface area contributed by atoms with E-state index < -0.39 is 21.2 Å². The fourth-order valence-electron chi connectivity index (χ4n) is 2.38. The number of carbonyl (C=O) groups is 1. The summed E-state index contributed by atoms with van der Waals surface area (Å²) in [6.45, 7) is 1.64. The maximum atomic E-state index is 12.7. The van der Waals surface area contributed by atoms with Crippen LogP contribution in [-0.4, -0.2) is 23.3 Å². The van der Waals surface area contributed by atoms with E-state index in [0.29, 0.717) is 11.3 Å². The van der Waals surface area contributed by atoms with Gasteiger partial charge in [-0.1, -0.05) is 36.4 Å². The summed E-state index contributed by atoms with van der Waals surface area (Å²) in [6.07, 6.45) is 4.32. The van der Waals surface area contributed by atoms with E-state index in [4.69, 9.17) is 0 Å². The summed E-state index contributed by atoms with van der Waals surface area (Å²) in [5.41, 5.74) is 1.35. The van der Waals surface area contributed by atoms with Crippen molar-refractivity contribution in [3.8, 4) is 0 Å². The third kappa shape index (κ3) is 3.61. The Kier molecular flexibility index (Phi) is 4.67. The molecule has 1 amide bonds. The highest BCUT2D eigenvalue weighted by molar-refractivity contribution is 7.90. The third-order valence-electron chi connectivity index (χ3n) is 3.83. The maximum absolute atomic E-state index is 12.7. The Bertz CT molecular complexity index is 967. The summed E-state index contributed by atoms with van der Waals surface area (Å²) in [4.78, 5) is 16.1. The van der Waals surface area contributed by atoms with E-state index in [-0.39, 0.29) is 5.69 Å². The summed E-state index contributed by atoms with van der Waals surface area (Å²) in [5, 5.41) is 1.93. The van der Waals surface area contributed by atoms with Crippen LogP contribution in [-0.2, 0) is 10.0 Å². The topological polar surface area (TPSA) is 81.1 Å². The lowest BCUT2D eigenvalue weighted by atomic mass is 10.2. The molecule has 0 aliphatic heterocycles. The summed E-state index contributed by atoms with van der Waals surface area (Å²) < 4.78 is 26.6. The van der Waals surface area contributed by atoms with Gasteiger partial charge in [0.15, 0.2) is 0 Å². The number of hydrogen-bond acceptors (Lipinski definition) is 4. The Hall–Kier alpha value is -2.93. The number of amides is 1. The molecule has 2 aromatic heterocycles. The number of benzene rings is 1. The monoisotopic (exact) mass is 355 g/mol. The average Bonchev–Trinajstić information content (AvgIpc) is 3.12. The van der Waals surface area contributed by atoms with Gasteiger partial charge in [-0.2, -0.15) is 0 Å². The SMILES string of the molecule is CC(c1ccccc1)S(=O)(=O)n1ccc(NC(=O)c2ccccn2)c1. The summed E-state index contributed by atoms with van der Waals surface area (Å²) in [6, 6.07) is 15.5. The van der Waals surface area contributed by atoms with Gasteiger partial charge in [-0.3, -0.25) is 13.8 Å². The molecule has 6 nitrogen and oxygen atoms in total. The molecule has 0 fully saturated rings. The van der Waals surface area contributed by atoms with Crippen molar-refractivity contribution in [1.82, 2.24) is 8.96 Å². The lowest BCUT2D eigenvalue weighted by molar-refractivity contribution is 0.102. The molecular weight excluding hydrogens is 338 g/mol. The number of hydrogen-bond donors (Lipinski definition) is 1. The van der Waals surface area contributed by atoms with Crippen LogP contribution in [0.5, 0.6) is 0 Å². The summed E-state index contributed by atoms with van der Waals surface area (Å²) >= 11 is 0. The van der Waals surface area contributed by atoms with E-state index in [1.165, 1.54) is 24.7 Å². The molecule has 0 aliphatic rings. The van der Waals surface area contributed by atoms with Gasteiger partial charge in [-0.25, -0.2) is 8.42 Å². The van der Waals surface area contributed by atoms with Crippen LogP contribution < -0.4 is 5.32 Å². The highest BCUT2D eigenvalue weighted by atomic mass is 32.2. The minimum absolute atomic E-state index is 0.260. The van der Waals surface area contributed by atoms with Crippen molar-refractivity contribution in [1.29, 1.82) is 0 Å². The van der Waals surface area contributed by atoms with E-state index in [2.05, 4.69) is 10.3 Å². The van der Waals surface area contributed by atoms with Crippen LogP contribution in [0.3, 0.4) is 0 Å². The van der Waals surface area contributed by atoms with Crippen molar-refractivity contribution in [2.45, 2.75) is 12.2 Å². The quantitative estimate of drug-likeness (QED) is 0.763. The van der Waals surface area contributed by atoms with Crippen molar-refractivity contribution in [2.24, 2.45) is 0 Å². The van der Waals surface area contributed by atoms with E-state index in [1.807, 2.05) is 6.07 Å². The van der Waals surface area contributed by atoms with Crippen LogP contribution in [0.4, 0.5) is 5.69 Å². The lowest BCUT2D eigenvalue weighted by Crippen LogP contribution is -2.18. The molecule has 3 rings (SSSR count). The molecule has 1 atom stereocenters. The maximum Gasteiger partial charge on any atom is 0.274 e. The zero-order valence-corrected chi connectivity index (χ0v) is 14.3. The molecular formula is C18H17N3O3S. The minimum atomic E-state index is -3.62. The smallest absolute Gasteiger partial charge is 0.274 e. The number of pyridine rings is 1. The van der Waals surface area contributed by atoms with E-state index in [1.54, 1.807) is 49.4 Å². The third-order valence-corrected chi connectivity index (χ3v) is 5.81. The van der Waals surface area contributed by atoms with Crippen LogP contribution >= 0.6 is 0 Å². The molecule has 0 radical (unpaired) electrons. The lowest BCUT2D eigenvalue weighted by Gasteiger charge is -2.14. The average molecular weight is 355 g/mol.